The first-order valence-corrected chi connectivity index (χ1v) is 7.88. The van der Waals surface area contributed by atoms with Gasteiger partial charge in [0.25, 0.3) is 0 Å². The van der Waals surface area contributed by atoms with E-state index in [1.807, 2.05) is 18.2 Å². The molecule has 1 rings (SSSR count). The van der Waals surface area contributed by atoms with Crippen LogP contribution in [-0.4, -0.2) is 5.11 Å². The van der Waals surface area contributed by atoms with Crippen molar-refractivity contribution < 1.29 is 5.11 Å². The molecule has 1 nitrogen and oxygen atoms in total. The van der Waals surface area contributed by atoms with E-state index in [1.54, 1.807) is 0 Å². The highest BCUT2D eigenvalue weighted by atomic mass is 79.9. The smallest absolute Gasteiger partial charge is 0.0803 e. The second-order valence-corrected chi connectivity index (χ2v) is 6.12. The Bertz CT molecular complexity index is 368. The highest BCUT2D eigenvalue weighted by Crippen LogP contribution is 2.32. The molecule has 1 aromatic carbocycles. The monoisotopic (exact) mass is 332 g/mol. The average Bonchev–Trinajstić information content (AvgIpc) is 2.34. The van der Waals surface area contributed by atoms with E-state index in [1.165, 1.54) is 19.3 Å². The molecule has 0 fully saturated rings. The van der Waals surface area contributed by atoms with E-state index in [2.05, 4.69) is 29.8 Å². The molecule has 0 aromatic heterocycles. The molecule has 0 bridgehead atoms. The van der Waals surface area contributed by atoms with Gasteiger partial charge in [0.15, 0.2) is 0 Å². The molecule has 102 valence electrons. The molecule has 0 aliphatic heterocycles. The summed E-state index contributed by atoms with van der Waals surface area (Å²) in [5, 5.41) is 11.0. The molecule has 1 N–H and O–H groups in total. The first-order valence-electron chi connectivity index (χ1n) is 6.71. The van der Waals surface area contributed by atoms with Crippen LogP contribution in [0.1, 0.15) is 57.6 Å². The van der Waals surface area contributed by atoms with Gasteiger partial charge in [0.05, 0.1) is 6.10 Å². The summed E-state index contributed by atoms with van der Waals surface area (Å²) in [6.45, 7) is 4.41. The molecular formula is C15H22BrClO. The second-order valence-electron chi connectivity index (χ2n) is 4.83. The second kappa shape index (κ2) is 8.19. The maximum atomic E-state index is 10.3. The third kappa shape index (κ3) is 4.91. The minimum Gasteiger partial charge on any atom is -0.388 e. The summed E-state index contributed by atoms with van der Waals surface area (Å²) in [7, 11) is 0. The van der Waals surface area contributed by atoms with Crippen molar-refractivity contribution in [3.8, 4) is 0 Å². The summed E-state index contributed by atoms with van der Waals surface area (Å²) >= 11 is 9.38. The number of halogens is 2. The summed E-state index contributed by atoms with van der Waals surface area (Å²) in [4.78, 5) is 0. The number of rotatable bonds is 7. The zero-order valence-corrected chi connectivity index (χ0v) is 13.5. The predicted molar refractivity (Wildman–Crippen MR) is 82.0 cm³/mol. The van der Waals surface area contributed by atoms with Gasteiger partial charge in [-0.2, -0.15) is 0 Å². The van der Waals surface area contributed by atoms with Crippen LogP contribution in [0.15, 0.2) is 22.7 Å². The molecule has 18 heavy (non-hydrogen) atoms. The molecule has 0 amide bonds. The SMILES string of the molecule is CCCCC(CC)CC(O)c1ccc(Cl)cc1Br. The topological polar surface area (TPSA) is 20.2 Å². The normalized spacial score (nSPS) is 14.5. The van der Waals surface area contributed by atoms with Crippen molar-refractivity contribution in [3.05, 3.63) is 33.3 Å². The first kappa shape index (κ1) is 16.0. The molecular weight excluding hydrogens is 312 g/mol. The summed E-state index contributed by atoms with van der Waals surface area (Å²) in [5.41, 5.74) is 0.939. The van der Waals surface area contributed by atoms with Gasteiger partial charge in [0.2, 0.25) is 0 Å². The number of hydrogen-bond acceptors (Lipinski definition) is 1. The Morgan fingerprint density at radius 3 is 2.61 bits per heavy atom. The molecule has 0 radical (unpaired) electrons. The van der Waals surface area contributed by atoms with Crippen molar-refractivity contribution >= 4 is 27.5 Å². The lowest BCUT2D eigenvalue weighted by Crippen LogP contribution is -2.07. The third-order valence-electron chi connectivity index (χ3n) is 3.42. The molecule has 0 saturated carbocycles. The van der Waals surface area contributed by atoms with E-state index >= 15 is 0 Å². The molecule has 0 heterocycles. The Kier molecular flexibility index (Phi) is 7.28. The standard InChI is InChI=1S/C15H22BrClO/c1-3-5-6-11(4-2)9-15(18)13-8-7-12(17)10-14(13)16/h7-8,10-11,15,18H,3-6,9H2,1-2H3. The fourth-order valence-electron chi connectivity index (χ4n) is 2.20. The van der Waals surface area contributed by atoms with Crippen molar-refractivity contribution in [2.75, 3.05) is 0 Å². The Morgan fingerprint density at radius 2 is 2.06 bits per heavy atom. The van der Waals surface area contributed by atoms with E-state index in [0.29, 0.717) is 10.9 Å². The van der Waals surface area contributed by atoms with Crippen molar-refractivity contribution in [3.63, 3.8) is 0 Å². The molecule has 1 aromatic rings. The number of aliphatic hydroxyl groups excluding tert-OH is 1. The summed E-state index contributed by atoms with van der Waals surface area (Å²) < 4.78 is 0.896. The summed E-state index contributed by atoms with van der Waals surface area (Å²) in [6, 6.07) is 5.58. The van der Waals surface area contributed by atoms with Crippen molar-refractivity contribution in [2.24, 2.45) is 5.92 Å². The van der Waals surface area contributed by atoms with Gasteiger partial charge in [0, 0.05) is 9.50 Å². The van der Waals surface area contributed by atoms with Crippen LogP contribution in [0.4, 0.5) is 0 Å². The third-order valence-corrected chi connectivity index (χ3v) is 4.34. The van der Waals surface area contributed by atoms with Crippen molar-refractivity contribution in [1.82, 2.24) is 0 Å². The Hall–Kier alpha value is -0.0500. The lowest BCUT2D eigenvalue weighted by Gasteiger charge is -2.20. The average molecular weight is 334 g/mol. The fourth-order valence-corrected chi connectivity index (χ4v) is 3.14. The van der Waals surface area contributed by atoms with Crippen LogP contribution in [0.2, 0.25) is 5.02 Å². The summed E-state index contributed by atoms with van der Waals surface area (Å²) in [6.07, 6.45) is 5.22. The maximum absolute atomic E-state index is 10.3. The van der Waals surface area contributed by atoms with Gasteiger partial charge < -0.3 is 5.11 Å². The van der Waals surface area contributed by atoms with Gasteiger partial charge in [-0.15, -0.1) is 0 Å². The Morgan fingerprint density at radius 1 is 1.33 bits per heavy atom. The van der Waals surface area contributed by atoms with Crippen LogP contribution < -0.4 is 0 Å². The zero-order valence-electron chi connectivity index (χ0n) is 11.1. The number of aliphatic hydroxyl groups is 1. The molecule has 0 saturated heterocycles. The zero-order chi connectivity index (χ0) is 13.5. The minimum atomic E-state index is -0.404. The Balaban J connectivity index is 2.65. The Labute approximate surface area is 124 Å². The summed E-state index contributed by atoms with van der Waals surface area (Å²) in [5.74, 6) is 0.600. The molecule has 2 unspecified atom stereocenters. The lowest BCUT2D eigenvalue weighted by atomic mass is 9.91. The predicted octanol–water partition coefficient (Wildman–Crippen LogP) is 5.74. The van der Waals surface area contributed by atoms with Gasteiger partial charge in [-0.25, -0.2) is 0 Å². The van der Waals surface area contributed by atoms with Crippen LogP contribution in [0, 0.1) is 5.92 Å². The van der Waals surface area contributed by atoms with Crippen LogP contribution in [0.3, 0.4) is 0 Å². The van der Waals surface area contributed by atoms with Gasteiger partial charge >= 0.3 is 0 Å². The van der Waals surface area contributed by atoms with E-state index in [0.717, 1.165) is 22.9 Å². The molecule has 0 aliphatic carbocycles. The molecule has 0 aliphatic rings. The maximum Gasteiger partial charge on any atom is 0.0803 e. The van der Waals surface area contributed by atoms with Gasteiger partial charge in [-0.05, 0) is 30.0 Å². The molecule has 2 atom stereocenters. The van der Waals surface area contributed by atoms with Crippen molar-refractivity contribution in [2.45, 2.75) is 52.1 Å². The van der Waals surface area contributed by atoms with Gasteiger partial charge in [-0.3, -0.25) is 0 Å². The molecule has 3 heteroatoms. The minimum absolute atomic E-state index is 0.404. The largest absolute Gasteiger partial charge is 0.388 e. The quantitative estimate of drug-likeness (QED) is 0.674. The number of benzene rings is 1. The van der Waals surface area contributed by atoms with Crippen LogP contribution >= 0.6 is 27.5 Å². The van der Waals surface area contributed by atoms with Crippen molar-refractivity contribution in [1.29, 1.82) is 0 Å². The van der Waals surface area contributed by atoms with Crippen LogP contribution in [0.25, 0.3) is 0 Å². The fraction of sp³-hybridized carbons (Fsp3) is 0.600. The van der Waals surface area contributed by atoms with E-state index in [4.69, 9.17) is 11.6 Å². The van der Waals surface area contributed by atoms with Gasteiger partial charge in [0.1, 0.15) is 0 Å². The first-order chi connectivity index (χ1) is 8.58. The van der Waals surface area contributed by atoms with E-state index < -0.39 is 6.10 Å². The van der Waals surface area contributed by atoms with Gasteiger partial charge in [-0.1, -0.05) is 73.1 Å². The molecule has 0 spiro atoms. The van der Waals surface area contributed by atoms with E-state index in [-0.39, 0.29) is 0 Å². The van der Waals surface area contributed by atoms with E-state index in [9.17, 15) is 5.11 Å². The lowest BCUT2D eigenvalue weighted by molar-refractivity contribution is 0.138. The van der Waals surface area contributed by atoms with Crippen LogP contribution in [-0.2, 0) is 0 Å². The number of unbranched alkanes of at least 4 members (excludes halogenated alkanes) is 1. The highest BCUT2D eigenvalue weighted by Gasteiger charge is 2.16. The number of hydrogen-bond donors (Lipinski definition) is 1. The van der Waals surface area contributed by atoms with Crippen LogP contribution in [0.5, 0.6) is 0 Å². The highest BCUT2D eigenvalue weighted by molar-refractivity contribution is 9.10.